The molecule has 4 nitrogen and oxygen atoms in total. The fraction of sp³-hybridized carbons (Fsp3) is 0.259. The highest BCUT2D eigenvalue weighted by Gasteiger charge is 2.34. The van der Waals surface area contributed by atoms with Crippen molar-refractivity contribution in [2.45, 2.75) is 88.9 Å². The Morgan fingerprint density at radius 3 is 1.45 bits per heavy atom. The number of rotatable bonds is 4. The molecule has 0 aliphatic heterocycles. The molecule has 13 rings (SSSR count). The molecule has 10 aromatic rings. The number of furan rings is 2. The highest BCUT2D eigenvalue weighted by atomic mass is 16.3. The lowest BCUT2D eigenvalue weighted by molar-refractivity contribution is 0.440. The van der Waals surface area contributed by atoms with E-state index in [0.29, 0.717) is 11.8 Å². The Labute approximate surface area is 337 Å². The van der Waals surface area contributed by atoms with Gasteiger partial charge in [0.2, 0.25) is 0 Å². The van der Waals surface area contributed by atoms with Crippen molar-refractivity contribution in [2.75, 3.05) is 0 Å². The van der Waals surface area contributed by atoms with E-state index < -0.39 is 0 Å². The molecule has 58 heavy (non-hydrogen) atoms. The van der Waals surface area contributed by atoms with E-state index in [-0.39, 0.29) is 0 Å². The zero-order valence-corrected chi connectivity index (χ0v) is 32.9. The molecule has 0 saturated heterocycles. The summed E-state index contributed by atoms with van der Waals surface area (Å²) in [4.78, 5) is 0. The molecule has 0 N–H and O–H groups in total. The monoisotopic (exact) mass is 754 g/mol. The van der Waals surface area contributed by atoms with Crippen LogP contribution in [0.1, 0.15) is 105 Å². The van der Waals surface area contributed by atoms with Gasteiger partial charge < -0.3 is 18.0 Å². The second-order valence-electron chi connectivity index (χ2n) is 17.4. The second kappa shape index (κ2) is 12.8. The molecule has 0 amide bonds. The van der Waals surface area contributed by atoms with E-state index in [1.807, 2.05) is 0 Å². The van der Waals surface area contributed by atoms with E-state index in [1.165, 1.54) is 141 Å². The van der Waals surface area contributed by atoms with Crippen LogP contribution in [0.3, 0.4) is 0 Å². The van der Waals surface area contributed by atoms with Crippen molar-refractivity contribution in [1.82, 2.24) is 9.13 Å². The predicted molar refractivity (Wildman–Crippen MR) is 241 cm³/mol. The van der Waals surface area contributed by atoms with Crippen LogP contribution in [0.2, 0.25) is 0 Å². The molecule has 3 aliphatic carbocycles. The van der Waals surface area contributed by atoms with Gasteiger partial charge in [-0.05, 0) is 80.7 Å². The third-order valence-corrected chi connectivity index (χ3v) is 14.4. The number of para-hydroxylation sites is 5. The molecule has 0 atom stereocenters. The van der Waals surface area contributed by atoms with Gasteiger partial charge in [0.05, 0.1) is 27.9 Å². The van der Waals surface area contributed by atoms with E-state index in [4.69, 9.17) is 8.83 Å². The van der Waals surface area contributed by atoms with Gasteiger partial charge in [-0.25, -0.2) is 0 Å². The van der Waals surface area contributed by atoms with Gasteiger partial charge in [-0.15, -0.1) is 0 Å². The van der Waals surface area contributed by atoms with Gasteiger partial charge in [0.25, 0.3) is 0 Å². The first-order chi connectivity index (χ1) is 28.8. The maximum atomic E-state index is 7.62. The minimum atomic E-state index is 0.408. The van der Waals surface area contributed by atoms with Gasteiger partial charge in [0.15, 0.2) is 11.2 Å². The van der Waals surface area contributed by atoms with Crippen LogP contribution in [0.5, 0.6) is 0 Å². The first-order valence-corrected chi connectivity index (χ1v) is 22.0. The number of hydrogen-bond acceptors (Lipinski definition) is 2. The van der Waals surface area contributed by atoms with Crippen molar-refractivity contribution >= 4 is 82.7 Å². The molecular weight excluding hydrogens is 709 g/mol. The van der Waals surface area contributed by atoms with Crippen molar-refractivity contribution in [3.63, 3.8) is 0 Å². The summed E-state index contributed by atoms with van der Waals surface area (Å²) >= 11 is 0. The molecule has 0 radical (unpaired) electrons. The summed E-state index contributed by atoms with van der Waals surface area (Å²) in [6.45, 7) is 0. The zero-order chi connectivity index (χ0) is 37.9. The van der Waals surface area contributed by atoms with Crippen LogP contribution < -0.4 is 0 Å². The summed E-state index contributed by atoms with van der Waals surface area (Å²) in [5.41, 5.74) is 15.6. The summed E-state index contributed by atoms with van der Waals surface area (Å²) in [6.07, 6.45) is 19.1. The van der Waals surface area contributed by atoms with E-state index in [2.05, 4.69) is 130 Å². The van der Waals surface area contributed by atoms with Crippen LogP contribution >= 0.6 is 0 Å². The topological polar surface area (TPSA) is 36.1 Å². The Kier molecular flexibility index (Phi) is 7.26. The smallest absolute Gasteiger partial charge is 0.159 e. The van der Waals surface area contributed by atoms with Crippen molar-refractivity contribution in [3.05, 3.63) is 138 Å². The number of nitrogens with zero attached hydrogens (tertiary/aromatic N) is 2. The molecular formula is C54H46N2O2. The molecule has 6 aromatic carbocycles. The minimum Gasteiger partial charge on any atom is -0.454 e. The van der Waals surface area contributed by atoms with Crippen LogP contribution in [0.15, 0.2) is 124 Å². The zero-order valence-electron chi connectivity index (χ0n) is 32.9. The van der Waals surface area contributed by atoms with E-state index in [0.717, 1.165) is 46.5 Å². The summed E-state index contributed by atoms with van der Waals surface area (Å²) in [7, 11) is 0. The molecule has 0 bridgehead atoms. The van der Waals surface area contributed by atoms with Gasteiger partial charge in [-0.1, -0.05) is 130 Å². The highest BCUT2D eigenvalue weighted by Crippen LogP contribution is 2.53. The number of benzene rings is 6. The lowest BCUT2D eigenvalue weighted by atomic mass is 9.77. The van der Waals surface area contributed by atoms with Crippen LogP contribution in [0, 0.1) is 0 Å². The average Bonchev–Trinajstić information content (AvgIpc) is 4.04. The van der Waals surface area contributed by atoms with Gasteiger partial charge in [-0.3, -0.25) is 0 Å². The quantitative estimate of drug-likeness (QED) is 0.179. The molecule has 4 heterocycles. The average molecular weight is 755 g/mol. The number of fused-ring (bicyclic) bond motifs is 12. The first-order valence-electron chi connectivity index (χ1n) is 22.0. The second-order valence-corrected chi connectivity index (χ2v) is 17.4. The first kappa shape index (κ1) is 33.0. The van der Waals surface area contributed by atoms with Gasteiger partial charge in [0, 0.05) is 60.1 Å². The van der Waals surface area contributed by atoms with Crippen molar-refractivity contribution in [2.24, 2.45) is 0 Å². The van der Waals surface area contributed by atoms with Crippen molar-refractivity contribution < 1.29 is 8.83 Å². The molecule has 4 heteroatoms. The van der Waals surface area contributed by atoms with Crippen LogP contribution in [-0.4, -0.2) is 9.13 Å². The Balaban J connectivity index is 1.18. The molecule has 2 fully saturated rings. The molecule has 0 spiro atoms. The third-order valence-electron chi connectivity index (χ3n) is 14.4. The van der Waals surface area contributed by atoms with Crippen LogP contribution in [-0.2, 0) is 6.42 Å². The maximum Gasteiger partial charge on any atom is 0.159 e. The standard InChI is InChI=1S/C54H46N2O2/c1-3-17-33(18-4-1)47-49-39-25-15-31-45(55-41-27-11-7-21-35(41)36-22-8-12-28-42(36)55)51(39)58-54(49)48(34-19-5-2-6-20-34)50-40-26-16-32-46(52(40)57-53(47)50)56-43-29-13-9-23-37(43)38-24-10-14-30-44(38)56/h7-13,15-16,21-29,31-34H,1-6,14,17-20,30H2. The molecule has 2 saturated carbocycles. The number of aromatic nitrogens is 2. The number of allylic oxidation sites excluding steroid dienone is 1. The Hall–Kier alpha value is -6.00. The van der Waals surface area contributed by atoms with E-state index in [9.17, 15) is 0 Å². The Morgan fingerprint density at radius 1 is 0.431 bits per heavy atom. The Morgan fingerprint density at radius 2 is 0.897 bits per heavy atom. The SMILES string of the molecule is C1=Cc2c(n(-c3cccc4c3oc3c(C5CCCCC5)c5c(oc6c(-n7c8ccccc8c8ccccc87)cccc65)c(C5CCCCC5)c34)c3ccccc23)CC1. The van der Waals surface area contributed by atoms with Gasteiger partial charge >= 0.3 is 0 Å². The largest absolute Gasteiger partial charge is 0.454 e. The molecule has 3 aliphatic rings. The van der Waals surface area contributed by atoms with E-state index >= 15 is 0 Å². The summed E-state index contributed by atoms with van der Waals surface area (Å²) in [5.74, 6) is 0.817. The fourth-order valence-corrected chi connectivity index (χ4v) is 11.9. The summed E-state index contributed by atoms with van der Waals surface area (Å²) in [5, 5.41) is 8.90. The molecule has 4 aromatic heterocycles. The lowest BCUT2D eigenvalue weighted by Gasteiger charge is -2.26. The van der Waals surface area contributed by atoms with E-state index in [1.54, 1.807) is 0 Å². The summed E-state index contributed by atoms with van der Waals surface area (Å²) in [6, 6.07) is 40.4. The van der Waals surface area contributed by atoms with Gasteiger partial charge in [-0.2, -0.15) is 0 Å². The summed E-state index contributed by atoms with van der Waals surface area (Å²) < 4.78 is 20.2. The minimum absolute atomic E-state index is 0.408. The lowest BCUT2D eigenvalue weighted by Crippen LogP contribution is -2.09. The van der Waals surface area contributed by atoms with Crippen molar-refractivity contribution in [1.29, 1.82) is 0 Å². The van der Waals surface area contributed by atoms with Gasteiger partial charge in [0.1, 0.15) is 11.2 Å². The molecule has 284 valence electrons. The third kappa shape index (κ3) is 4.57. The normalized spacial score (nSPS) is 17.0. The van der Waals surface area contributed by atoms with Crippen LogP contribution in [0.25, 0.3) is 94.0 Å². The van der Waals surface area contributed by atoms with Crippen LogP contribution in [0.4, 0.5) is 0 Å². The predicted octanol–water partition coefficient (Wildman–Crippen LogP) is 15.6. The molecule has 0 unspecified atom stereocenters. The number of hydrogen-bond donors (Lipinski definition) is 0. The Bertz CT molecular complexity index is 3240. The highest BCUT2D eigenvalue weighted by molar-refractivity contribution is 6.22. The van der Waals surface area contributed by atoms with Crippen molar-refractivity contribution in [3.8, 4) is 11.4 Å². The maximum absolute atomic E-state index is 7.62. The fourth-order valence-electron chi connectivity index (χ4n) is 11.9.